The first kappa shape index (κ1) is 37.0. The van der Waals surface area contributed by atoms with Crippen LogP contribution in [0.1, 0.15) is 73.8 Å². The topological polar surface area (TPSA) is 162 Å². The minimum Gasteiger partial charge on any atom is -0.490 e. The predicted molar refractivity (Wildman–Crippen MR) is 207 cm³/mol. The molecule has 1 aromatic carbocycles. The number of pyridine rings is 2. The number of nitrogens with zero attached hydrogens (tertiary/aromatic N) is 6. The number of imide groups is 1. The Morgan fingerprint density at radius 2 is 1.85 bits per heavy atom. The number of thiazole rings is 1. The van der Waals surface area contributed by atoms with E-state index in [1.165, 1.54) is 22.0 Å². The van der Waals surface area contributed by atoms with Crippen LogP contribution in [0.3, 0.4) is 0 Å². The Bertz CT molecular complexity index is 2160. The van der Waals surface area contributed by atoms with Crippen molar-refractivity contribution >= 4 is 55.9 Å². The number of carbonyl (C=O) groups is 3. The number of aromatic nitrogens is 3. The van der Waals surface area contributed by atoms with Gasteiger partial charge in [-0.3, -0.25) is 29.4 Å². The Morgan fingerprint density at radius 1 is 1.09 bits per heavy atom. The van der Waals surface area contributed by atoms with Crippen LogP contribution in [0, 0.1) is 0 Å². The molecule has 0 radical (unpaired) electrons. The first-order chi connectivity index (χ1) is 26.4. The van der Waals surface area contributed by atoms with Crippen molar-refractivity contribution in [2.45, 2.75) is 75.8 Å². The first-order valence-corrected chi connectivity index (χ1v) is 19.8. The van der Waals surface area contributed by atoms with Gasteiger partial charge in [-0.25, -0.2) is 14.4 Å². The molecule has 3 aliphatic heterocycles. The summed E-state index contributed by atoms with van der Waals surface area (Å²) < 4.78 is 21.9. The van der Waals surface area contributed by atoms with Crippen LogP contribution in [-0.4, -0.2) is 106 Å². The second-order valence-electron chi connectivity index (χ2n) is 15.3. The molecule has 6 heterocycles. The van der Waals surface area contributed by atoms with Crippen molar-refractivity contribution in [2.24, 2.45) is 0 Å². The summed E-state index contributed by atoms with van der Waals surface area (Å²) in [5, 5.41) is 17.6. The van der Waals surface area contributed by atoms with Gasteiger partial charge in [-0.15, -0.1) is 0 Å². The molecule has 55 heavy (non-hydrogen) atoms. The number of halogens is 1. The van der Waals surface area contributed by atoms with E-state index in [-0.39, 0.29) is 41.5 Å². The molecular formula is C39H45FN8O6S. The molecule has 3 amide bonds. The fourth-order valence-corrected chi connectivity index (χ4v) is 8.77. The molecule has 14 nitrogen and oxygen atoms in total. The van der Waals surface area contributed by atoms with E-state index in [0.717, 1.165) is 47.4 Å². The second-order valence-corrected chi connectivity index (χ2v) is 16.3. The summed E-state index contributed by atoms with van der Waals surface area (Å²) in [6, 6.07) is 10.00. The van der Waals surface area contributed by atoms with Crippen molar-refractivity contribution in [1.82, 2.24) is 24.8 Å². The Hall–Kier alpha value is -4.93. The zero-order valence-electron chi connectivity index (χ0n) is 30.9. The van der Waals surface area contributed by atoms with Crippen LogP contribution < -0.4 is 30.7 Å². The molecule has 3 saturated heterocycles. The Labute approximate surface area is 321 Å². The van der Waals surface area contributed by atoms with E-state index in [0.29, 0.717) is 56.6 Å². The fourth-order valence-electron chi connectivity index (χ4n) is 7.73. The summed E-state index contributed by atoms with van der Waals surface area (Å²) >= 11 is 1.49. The summed E-state index contributed by atoms with van der Waals surface area (Å²) in [6.07, 6.45) is 4.32. The third-order valence-electron chi connectivity index (χ3n) is 10.9. The zero-order valence-corrected chi connectivity index (χ0v) is 31.7. The third-order valence-corrected chi connectivity index (χ3v) is 12.0. The van der Waals surface area contributed by atoms with E-state index in [1.54, 1.807) is 30.6 Å². The second kappa shape index (κ2) is 15.0. The number of β-amino-alcohol motifs (C(OH)–C–C–N with tert-alkyl or cyclic N) is 1. The average molecular weight is 773 g/mol. The largest absolute Gasteiger partial charge is 0.490 e. The van der Waals surface area contributed by atoms with Gasteiger partial charge in [0, 0.05) is 77.1 Å². The summed E-state index contributed by atoms with van der Waals surface area (Å²) in [7, 11) is 0. The van der Waals surface area contributed by atoms with Crippen LogP contribution in [0.25, 0.3) is 10.2 Å². The molecule has 0 spiro atoms. The summed E-state index contributed by atoms with van der Waals surface area (Å²) in [5.74, 6) is -0.196. The molecule has 0 bridgehead atoms. The summed E-state index contributed by atoms with van der Waals surface area (Å²) in [5.41, 5.74) is 0.611. The lowest BCUT2D eigenvalue weighted by molar-refractivity contribution is -0.134. The van der Waals surface area contributed by atoms with Gasteiger partial charge in [0.25, 0.3) is 11.5 Å². The van der Waals surface area contributed by atoms with Crippen molar-refractivity contribution in [2.75, 3.05) is 60.9 Å². The van der Waals surface area contributed by atoms with E-state index in [1.807, 2.05) is 26.0 Å². The van der Waals surface area contributed by atoms with E-state index < -0.39 is 29.3 Å². The molecule has 1 saturated carbocycles. The number of benzene rings is 1. The number of alkyl halides is 1. The number of ether oxygens (including phenoxy) is 1. The maximum absolute atomic E-state index is 13.7. The van der Waals surface area contributed by atoms with Gasteiger partial charge >= 0.3 is 0 Å². The Kier molecular flexibility index (Phi) is 10.1. The lowest BCUT2D eigenvalue weighted by atomic mass is 9.90. The van der Waals surface area contributed by atoms with Crippen molar-refractivity contribution in [3.8, 4) is 5.75 Å². The standard InChI is InChI=1S/C39H45FN8O6S/c1-23(2)54-31-20-29-32(18-26(31)36(51)42-28-4-3-11-48(37(28)52)30-19-27(30)40)55-38(43-29)47-16-14-45(15-17-47)22-39(53)9-12-46(13-10-39)33-7-5-24(21-41-33)25-6-8-34(49)44-35(25)50/h3-5,7,11,18,20-21,23,25,27,30,53H,6,8-10,12-17,19,22H2,1-2H3,(H,42,51)(H,44,49,50)/t25?,27-,30+/m1/s1. The first-order valence-electron chi connectivity index (χ1n) is 18.9. The number of rotatable bonds is 10. The molecule has 290 valence electrons. The van der Waals surface area contributed by atoms with E-state index in [9.17, 15) is 28.7 Å². The van der Waals surface area contributed by atoms with Crippen LogP contribution in [0.5, 0.6) is 5.75 Å². The highest BCUT2D eigenvalue weighted by Gasteiger charge is 2.40. The van der Waals surface area contributed by atoms with Gasteiger partial charge in [0.15, 0.2) is 5.13 Å². The quantitative estimate of drug-likeness (QED) is 0.201. The lowest BCUT2D eigenvalue weighted by Gasteiger charge is -2.43. The average Bonchev–Trinajstić information content (AvgIpc) is 3.73. The number of piperidine rings is 2. The normalized spacial score (nSPS) is 22.9. The Balaban J connectivity index is 0.874. The van der Waals surface area contributed by atoms with Gasteiger partial charge in [0.1, 0.15) is 23.4 Å². The van der Waals surface area contributed by atoms with Gasteiger partial charge < -0.3 is 29.5 Å². The number of hydrogen-bond donors (Lipinski definition) is 3. The van der Waals surface area contributed by atoms with Crippen molar-refractivity contribution in [1.29, 1.82) is 0 Å². The molecule has 1 unspecified atom stereocenters. The summed E-state index contributed by atoms with van der Waals surface area (Å²) in [4.78, 5) is 66.6. The minimum atomic E-state index is -1.05. The molecule has 3 aromatic heterocycles. The van der Waals surface area contributed by atoms with Gasteiger partial charge in [0.05, 0.1) is 39.4 Å². The number of nitrogens with one attached hydrogen (secondary N) is 2. The number of hydrogen-bond acceptors (Lipinski definition) is 12. The summed E-state index contributed by atoms with van der Waals surface area (Å²) in [6.45, 7) is 8.64. The fraction of sp³-hybridized carbons (Fsp3) is 0.487. The van der Waals surface area contributed by atoms with Crippen LogP contribution >= 0.6 is 11.3 Å². The van der Waals surface area contributed by atoms with Crippen LogP contribution in [0.15, 0.2) is 53.6 Å². The maximum atomic E-state index is 13.7. The zero-order chi connectivity index (χ0) is 38.4. The number of anilines is 3. The molecule has 4 fully saturated rings. The highest BCUT2D eigenvalue weighted by molar-refractivity contribution is 7.22. The van der Waals surface area contributed by atoms with Gasteiger partial charge in [-0.1, -0.05) is 17.4 Å². The maximum Gasteiger partial charge on any atom is 0.274 e. The third kappa shape index (κ3) is 7.93. The van der Waals surface area contributed by atoms with Crippen LogP contribution in [0.2, 0.25) is 0 Å². The van der Waals surface area contributed by atoms with Gasteiger partial charge in [0.2, 0.25) is 11.8 Å². The number of fused-ring (bicyclic) bond motifs is 1. The molecule has 16 heteroatoms. The number of amides is 3. The van der Waals surface area contributed by atoms with Crippen LogP contribution in [-0.2, 0) is 9.59 Å². The molecule has 4 aromatic rings. The lowest BCUT2D eigenvalue weighted by Crippen LogP contribution is -2.55. The molecule has 8 rings (SSSR count). The highest BCUT2D eigenvalue weighted by Crippen LogP contribution is 2.38. The number of piperazine rings is 1. The molecule has 3 N–H and O–H groups in total. The van der Waals surface area contributed by atoms with Crippen molar-refractivity contribution in [3.05, 3.63) is 70.3 Å². The van der Waals surface area contributed by atoms with Crippen molar-refractivity contribution < 1.29 is 28.6 Å². The van der Waals surface area contributed by atoms with Gasteiger partial charge in [-0.05, 0) is 62.9 Å². The monoisotopic (exact) mass is 772 g/mol. The predicted octanol–water partition coefficient (Wildman–Crippen LogP) is 3.85. The van der Waals surface area contributed by atoms with E-state index in [2.05, 4.69) is 30.3 Å². The number of aliphatic hydroxyl groups is 1. The molecule has 4 aliphatic rings. The molecular weight excluding hydrogens is 728 g/mol. The van der Waals surface area contributed by atoms with E-state index >= 15 is 0 Å². The highest BCUT2D eigenvalue weighted by atomic mass is 32.1. The van der Waals surface area contributed by atoms with E-state index in [4.69, 9.17) is 9.72 Å². The van der Waals surface area contributed by atoms with Crippen LogP contribution in [0.4, 0.5) is 21.0 Å². The number of carbonyl (C=O) groups excluding carboxylic acids is 3. The SMILES string of the molecule is CC(C)Oc1cc2nc(N3CCN(CC4(O)CCN(c5ccc(C6CCC(=O)NC6=O)cn5)CC4)CC3)sc2cc1C(=O)Nc1cccn([C@H]2C[C@H]2F)c1=O. The molecule has 1 aliphatic carbocycles. The Morgan fingerprint density at radius 3 is 2.53 bits per heavy atom. The smallest absolute Gasteiger partial charge is 0.274 e. The molecule has 3 atom stereocenters. The van der Waals surface area contributed by atoms with Gasteiger partial charge in [-0.2, -0.15) is 0 Å². The minimum absolute atomic E-state index is 0.0793. The van der Waals surface area contributed by atoms with Crippen molar-refractivity contribution in [3.63, 3.8) is 0 Å².